The van der Waals surface area contributed by atoms with Gasteiger partial charge in [0, 0.05) is 10.6 Å². The van der Waals surface area contributed by atoms with E-state index in [9.17, 15) is 9.59 Å². The summed E-state index contributed by atoms with van der Waals surface area (Å²) in [7, 11) is 0. The Morgan fingerprint density at radius 2 is 1.37 bits per heavy atom. The molecule has 2 atom stereocenters. The van der Waals surface area contributed by atoms with E-state index in [2.05, 4.69) is 83.4 Å². The first-order valence-corrected chi connectivity index (χ1v) is 13.5. The van der Waals surface area contributed by atoms with Crippen LogP contribution >= 0.6 is 23.1 Å². The number of thioether (sulfide) groups is 1. The van der Waals surface area contributed by atoms with Crippen molar-refractivity contribution in [2.24, 2.45) is 0 Å². The minimum atomic E-state index is -0.519. The molecule has 4 aromatic rings. The Bertz CT molecular complexity index is 1170. The number of hydrogen-bond acceptors (Lipinski definition) is 4. The zero-order chi connectivity index (χ0) is 24.1. The maximum atomic E-state index is 12.6. The van der Waals surface area contributed by atoms with Gasteiger partial charge in [-0.05, 0) is 28.1 Å². The molecule has 2 heterocycles. The summed E-state index contributed by atoms with van der Waals surface area (Å²) >= 11 is 3.33. The highest BCUT2D eigenvalue weighted by Gasteiger charge is 2.44. The first-order valence-electron chi connectivity index (χ1n) is 11.6. The Balaban J connectivity index is 1.42. The summed E-state index contributed by atoms with van der Waals surface area (Å²) in [6.07, 6.45) is 0.295. The third kappa shape index (κ3) is 4.90. The molecule has 1 aliphatic rings. The molecule has 0 bridgehead atoms. The van der Waals surface area contributed by atoms with Gasteiger partial charge in [0.2, 0.25) is 11.8 Å². The fraction of sp³-hybridized carbons (Fsp3) is 0.172. The maximum Gasteiger partial charge on any atom is 0.245 e. The third-order valence-electron chi connectivity index (χ3n) is 6.26. The standard InChI is InChI=1S/C29H26N2O2S2/c32-26(19-24-17-10-18-34-24)31-27-25(30-28(27)33)20-35-29(21-11-4-1-5-12-21,22-13-6-2-7-14-22)23-15-8-3-9-16-23/h1-18,25,27H,19-20H2,(H,30,33)(H,31,32)/t25-,27+/m0/s1. The lowest BCUT2D eigenvalue weighted by atomic mass is 9.84. The molecule has 0 aliphatic carbocycles. The van der Waals surface area contributed by atoms with Crippen LogP contribution in [0.5, 0.6) is 0 Å². The van der Waals surface area contributed by atoms with Gasteiger partial charge in [0.1, 0.15) is 6.04 Å². The Labute approximate surface area is 213 Å². The van der Waals surface area contributed by atoms with Crippen molar-refractivity contribution in [2.75, 3.05) is 5.75 Å². The van der Waals surface area contributed by atoms with Gasteiger partial charge in [-0.2, -0.15) is 0 Å². The second-order valence-corrected chi connectivity index (χ2v) is 10.8. The minimum Gasteiger partial charge on any atom is -0.348 e. The van der Waals surface area contributed by atoms with Crippen LogP contribution in [-0.2, 0) is 20.8 Å². The molecule has 176 valence electrons. The number of rotatable bonds is 9. The smallest absolute Gasteiger partial charge is 0.245 e. The van der Waals surface area contributed by atoms with Crippen molar-refractivity contribution in [3.63, 3.8) is 0 Å². The van der Waals surface area contributed by atoms with Crippen LogP contribution in [0.25, 0.3) is 0 Å². The summed E-state index contributed by atoms with van der Waals surface area (Å²) in [5.41, 5.74) is 3.52. The number of carbonyl (C=O) groups excluding carboxylic acids is 2. The molecule has 0 unspecified atom stereocenters. The van der Waals surface area contributed by atoms with Gasteiger partial charge in [-0.1, -0.05) is 97.1 Å². The van der Waals surface area contributed by atoms with Crippen molar-refractivity contribution in [1.29, 1.82) is 0 Å². The number of nitrogens with one attached hydrogen (secondary N) is 2. The SMILES string of the molecule is O=C(Cc1cccs1)N[C@H]1C(=O)N[C@H]1CSC(c1ccccc1)(c1ccccc1)c1ccccc1. The maximum absolute atomic E-state index is 12.6. The molecule has 35 heavy (non-hydrogen) atoms. The number of benzene rings is 3. The normalized spacial score (nSPS) is 17.3. The van der Waals surface area contributed by atoms with Crippen LogP contribution in [0.4, 0.5) is 0 Å². The molecule has 5 rings (SSSR count). The second-order valence-electron chi connectivity index (χ2n) is 8.51. The van der Waals surface area contributed by atoms with Crippen molar-refractivity contribution in [3.05, 3.63) is 130 Å². The molecule has 2 amide bonds. The summed E-state index contributed by atoms with van der Waals surface area (Å²) in [5, 5.41) is 7.92. The van der Waals surface area contributed by atoms with E-state index in [0.717, 1.165) is 4.88 Å². The fourth-order valence-corrected chi connectivity index (χ4v) is 6.84. The van der Waals surface area contributed by atoms with E-state index >= 15 is 0 Å². The Morgan fingerprint density at radius 3 is 1.83 bits per heavy atom. The quantitative estimate of drug-likeness (QED) is 0.252. The van der Waals surface area contributed by atoms with Crippen LogP contribution in [0.15, 0.2) is 109 Å². The Hall–Kier alpha value is -3.35. The molecule has 1 fully saturated rings. The molecule has 2 N–H and O–H groups in total. The summed E-state index contributed by atoms with van der Waals surface area (Å²) in [6, 6.07) is 34.6. The lowest BCUT2D eigenvalue weighted by molar-refractivity contribution is -0.135. The molecule has 6 heteroatoms. The number of β-lactam (4-membered cyclic amide) rings is 1. The molecular formula is C29H26N2O2S2. The highest BCUT2D eigenvalue weighted by molar-refractivity contribution is 8.00. The Kier molecular flexibility index (Phi) is 7.02. The van der Waals surface area contributed by atoms with Crippen LogP contribution in [0.3, 0.4) is 0 Å². The van der Waals surface area contributed by atoms with Crippen molar-refractivity contribution in [2.45, 2.75) is 23.3 Å². The van der Waals surface area contributed by atoms with Crippen LogP contribution in [-0.4, -0.2) is 29.7 Å². The molecule has 0 spiro atoms. The average molecular weight is 499 g/mol. The van der Waals surface area contributed by atoms with E-state index in [0.29, 0.717) is 12.2 Å². The monoisotopic (exact) mass is 498 g/mol. The van der Waals surface area contributed by atoms with Crippen molar-refractivity contribution < 1.29 is 9.59 Å². The summed E-state index contributed by atoms with van der Waals surface area (Å²) in [4.78, 5) is 26.0. The van der Waals surface area contributed by atoms with Crippen LogP contribution in [0.1, 0.15) is 21.6 Å². The van der Waals surface area contributed by atoms with Gasteiger partial charge >= 0.3 is 0 Å². The van der Waals surface area contributed by atoms with E-state index in [1.807, 2.05) is 35.7 Å². The predicted molar refractivity (Wildman–Crippen MR) is 144 cm³/mol. The van der Waals surface area contributed by atoms with Gasteiger partial charge < -0.3 is 10.6 Å². The minimum absolute atomic E-state index is 0.122. The molecule has 3 aromatic carbocycles. The van der Waals surface area contributed by atoms with E-state index < -0.39 is 10.8 Å². The summed E-state index contributed by atoms with van der Waals surface area (Å²) in [5.74, 6) is 0.400. The summed E-state index contributed by atoms with van der Waals surface area (Å²) in [6.45, 7) is 0. The van der Waals surface area contributed by atoms with Crippen molar-refractivity contribution >= 4 is 34.9 Å². The third-order valence-corrected chi connectivity index (χ3v) is 8.81. The van der Waals surface area contributed by atoms with E-state index in [4.69, 9.17) is 0 Å². The zero-order valence-corrected chi connectivity index (χ0v) is 20.7. The average Bonchev–Trinajstić information content (AvgIpc) is 3.42. The lowest BCUT2D eigenvalue weighted by Crippen LogP contribution is -2.70. The molecule has 0 radical (unpaired) electrons. The van der Waals surface area contributed by atoms with E-state index in [1.54, 1.807) is 23.1 Å². The van der Waals surface area contributed by atoms with Gasteiger partial charge in [0.15, 0.2) is 0 Å². The van der Waals surface area contributed by atoms with Crippen LogP contribution in [0.2, 0.25) is 0 Å². The predicted octanol–water partition coefficient (Wildman–Crippen LogP) is 5.00. The van der Waals surface area contributed by atoms with Crippen molar-refractivity contribution in [1.82, 2.24) is 10.6 Å². The van der Waals surface area contributed by atoms with Gasteiger partial charge in [0.05, 0.1) is 17.2 Å². The van der Waals surface area contributed by atoms with E-state index in [1.165, 1.54) is 16.7 Å². The molecule has 1 aliphatic heterocycles. The first-order chi connectivity index (χ1) is 17.2. The van der Waals surface area contributed by atoms with Crippen molar-refractivity contribution in [3.8, 4) is 0 Å². The molecule has 0 saturated carbocycles. The number of thiophene rings is 1. The van der Waals surface area contributed by atoms with Crippen LogP contribution < -0.4 is 10.6 Å². The number of hydrogen-bond donors (Lipinski definition) is 2. The van der Waals surface area contributed by atoms with Gasteiger partial charge in [0.25, 0.3) is 0 Å². The topological polar surface area (TPSA) is 58.2 Å². The highest BCUT2D eigenvalue weighted by Crippen LogP contribution is 2.48. The molecule has 1 aromatic heterocycles. The summed E-state index contributed by atoms with van der Waals surface area (Å²) < 4.78 is -0.463. The van der Waals surface area contributed by atoms with E-state index in [-0.39, 0.29) is 17.9 Å². The molecule has 1 saturated heterocycles. The second kappa shape index (κ2) is 10.5. The van der Waals surface area contributed by atoms with Gasteiger partial charge in [-0.15, -0.1) is 23.1 Å². The first kappa shape index (κ1) is 23.4. The number of amides is 2. The highest BCUT2D eigenvalue weighted by atomic mass is 32.2. The largest absolute Gasteiger partial charge is 0.348 e. The Morgan fingerprint density at radius 1 is 0.829 bits per heavy atom. The van der Waals surface area contributed by atoms with Gasteiger partial charge in [-0.3, -0.25) is 9.59 Å². The molecular weight excluding hydrogens is 472 g/mol. The number of carbonyl (C=O) groups is 2. The molecule has 4 nitrogen and oxygen atoms in total. The zero-order valence-electron chi connectivity index (χ0n) is 19.1. The lowest BCUT2D eigenvalue weighted by Gasteiger charge is -2.41. The van der Waals surface area contributed by atoms with Crippen LogP contribution in [0, 0.1) is 0 Å². The van der Waals surface area contributed by atoms with Gasteiger partial charge in [-0.25, -0.2) is 0 Å². The fourth-order valence-electron chi connectivity index (χ4n) is 4.53.